The third kappa shape index (κ3) is 2.56. The summed E-state index contributed by atoms with van der Waals surface area (Å²) in [5.41, 5.74) is 0. The summed E-state index contributed by atoms with van der Waals surface area (Å²) in [6, 6.07) is 0.914. The van der Waals surface area contributed by atoms with Gasteiger partial charge in [0.05, 0.1) is 6.04 Å². The lowest BCUT2D eigenvalue weighted by molar-refractivity contribution is 0.261. The lowest BCUT2D eigenvalue weighted by atomic mass is 9.85. The summed E-state index contributed by atoms with van der Waals surface area (Å²) in [7, 11) is 0. The van der Waals surface area contributed by atoms with Crippen LogP contribution in [0, 0.1) is 5.92 Å². The standard InChI is InChI=1S/C11H20N4/c1-8-5-3-4-6-10(8)14-9(2)11-12-7-13-15-11/h7-10,14H,3-6H2,1-2H3,(H,12,13,15). The smallest absolute Gasteiger partial charge is 0.141 e. The summed E-state index contributed by atoms with van der Waals surface area (Å²) in [4.78, 5) is 4.18. The van der Waals surface area contributed by atoms with Crippen LogP contribution in [0.4, 0.5) is 0 Å². The van der Waals surface area contributed by atoms with Gasteiger partial charge in [-0.25, -0.2) is 4.98 Å². The molecule has 0 radical (unpaired) electrons. The van der Waals surface area contributed by atoms with E-state index in [4.69, 9.17) is 0 Å². The predicted molar refractivity (Wildman–Crippen MR) is 59.4 cm³/mol. The quantitative estimate of drug-likeness (QED) is 0.799. The molecular weight excluding hydrogens is 188 g/mol. The Kier molecular flexibility index (Phi) is 3.36. The molecule has 1 saturated carbocycles. The van der Waals surface area contributed by atoms with Crippen molar-refractivity contribution in [3.05, 3.63) is 12.2 Å². The molecule has 4 heteroatoms. The van der Waals surface area contributed by atoms with E-state index < -0.39 is 0 Å². The molecule has 2 rings (SSSR count). The van der Waals surface area contributed by atoms with Gasteiger partial charge >= 0.3 is 0 Å². The van der Waals surface area contributed by atoms with Gasteiger partial charge in [-0.05, 0) is 25.7 Å². The highest BCUT2D eigenvalue weighted by atomic mass is 15.2. The number of aromatic nitrogens is 3. The zero-order chi connectivity index (χ0) is 10.7. The molecule has 1 aliphatic rings. The van der Waals surface area contributed by atoms with Crippen LogP contribution in [-0.4, -0.2) is 21.2 Å². The summed E-state index contributed by atoms with van der Waals surface area (Å²) in [6.07, 6.45) is 6.94. The fourth-order valence-corrected chi connectivity index (χ4v) is 2.39. The summed E-state index contributed by atoms with van der Waals surface area (Å²) in [6.45, 7) is 4.48. The van der Waals surface area contributed by atoms with Crippen LogP contribution in [0.5, 0.6) is 0 Å². The normalized spacial score (nSPS) is 28.9. The second kappa shape index (κ2) is 4.75. The van der Waals surface area contributed by atoms with Crippen LogP contribution in [0.3, 0.4) is 0 Å². The Hall–Kier alpha value is -0.900. The summed E-state index contributed by atoms with van der Waals surface area (Å²) < 4.78 is 0. The molecule has 3 unspecified atom stereocenters. The molecule has 1 heterocycles. The Morgan fingerprint density at radius 3 is 2.93 bits per heavy atom. The summed E-state index contributed by atoms with van der Waals surface area (Å²) in [5.74, 6) is 1.72. The molecule has 4 nitrogen and oxygen atoms in total. The van der Waals surface area contributed by atoms with Gasteiger partial charge in [0, 0.05) is 6.04 Å². The van der Waals surface area contributed by atoms with Crippen LogP contribution in [0.25, 0.3) is 0 Å². The van der Waals surface area contributed by atoms with Crippen LogP contribution in [-0.2, 0) is 0 Å². The van der Waals surface area contributed by atoms with Crippen LogP contribution in [0.1, 0.15) is 51.4 Å². The molecule has 84 valence electrons. The third-order valence-electron chi connectivity index (χ3n) is 3.42. The monoisotopic (exact) mass is 208 g/mol. The Balaban J connectivity index is 1.90. The number of H-pyrrole nitrogens is 1. The highest BCUT2D eigenvalue weighted by Crippen LogP contribution is 2.25. The number of rotatable bonds is 3. The Morgan fingerprint density at radius 2 is 2.27 bits per heavy atom. The molecular formula is C11H20N4. The highest BCUT2D eigenvalue weighted by Gasteiger charge is 2.23. The number of hydrogen-bond donors (Lipinski definition) is 2. The first-order valence-corrected chi connectivity index (χ1v) is 5.88. The molecule has 0 saturated heterocycles. The van der Waals surface area contributed by atoms with E-state index in [2.05, 4.69) is 34.3 Å². The fourth-order valence-electron chi connectivity index (χ4n) is 2.39. The molecule has 0 bridgehead atoms. The van der Waals surface area contributed by atoms with Crippen molar-refractivity contribution in [3.8, 4) is 0 Å². The van der Waals surface area contributed by atoms with E-state index >= 15 is 0 Å². The number of aromatic amines is 1. The Morgan fingerprint density at radius 1 is 1.47 bits per heavy atom. The van der Waals surface area contributed by atoms with Gasteiger partial charge in [0.15, 0.2) is 0 Å². The topological polar surface area (TPSA) is 53.6 Å². The molecule has 1 aromatic rings. The van der Waals surface area contributed by atoms with Crippen molar-refractivity contribution in [2.24, 2.45) is 5.92 Å². The minimum absolute atomic E-state index is 0.276. The molecule has 0 amide bonds. The van der Waals surface area contributed by atoms with Crippen molar-refractivity contribution in [2.75, 3.05) is 0 Å². The molecule has 15 heavy (non-hydrogen) atoms. The largest absolute Gasteiger partial charge is 0.304 e. The number of nitrogens with one attached hydrogen (secondary N) is 2. The van der Waals surface area contributed by atoms with Crippen molar-refractivity contribution in [1.29, 1.82) is 0 Å². The second-order valence-corrected chi connectivity index (χ2v) is 4.63. The van der Waals surface area contributed by atoms with Crippen molar-refractivity contribution in [2.45, 2.75) is 51.6 Å². The summed E-state index contributed by atoms with van der Waals surface area (Å²) >= 11 is 0. The van der Waals surface area contributed by atoms with Gasteiger partial charge in [-0.1, -0.05) is 19.8 Å². The minimum atomic E-state index is 0.276. The van der Waals surface area contributed by atoms with E-state index in [-0.39, 0.29) is 6.04 Å². The molecule has 2 N–H and O–H groups in total. The first-order chi connectivity index (χ1) is 7.27. The molecule has 0 aliphatic heterocycles. The SMILES string of the molecule is CC(NC1CCCCC1C)c1ncn[nH]1. The van der Waals surface area contributed by atoms with Crippen molar-refractivity contribution < 1.29 is 0 Å². The molecule has 1 aliphatic carbocycles. The van der Waals surface area contributed by atoms with E-state index in [1.165, 1.54) is 25.7 Å². The first kappa shape index (κ1) is 10.6. The molecule has 3 atom stereocenters. The third-order valence-corrected chi connectivity index (χ3v) is 3.42. The van der Waals surface area contributed by atoms with Gasteiger partial charge in [-0.15, -0.1) is 0 Å². The van der Waals surface area contributed by atoms with E-state index in [1.807, 2.05) is 0 Å². The predicted octanol–water partition coefficient (Wildman–Crippen LogP) is 2.03. The first-order valence-electron chi connectivity index (χ1n) is 5.88. The maximum absolute atomic E-state index is 4.18. The molecule has 0 aromatic carbocycles. The van der Waals surface area contributed by atoms with Crippen LogP contribution in [0.15, 0.2) is 6.33 Å². The van der Waals surface area contributed by atoms with Gasteiger partial charge in [0.25, 0.3) is 0 Å². The fraction of sp³-hybridized carbons (Fsp3) is 0.818. The second-order valence-electron chi connectivity index (χ2n) is 4.63. The van der Waals surface area contributed by atoms with Crippen LogP contribution in [0.2, 0.25) is 0 Å². The molecule has 0 spiro atoms. The van der Waals surface area contributed by atoms with Crippen LogP contribution >= 0.6 is 0 Å². The van der Waals surface area contributed by atoms with E-state index in [0.717, 1.165) is 11.7 Å². The maximum atomic E-state index is 4.18. The van der Waals surface area contributed by atoms with Gasteiger partial charge < -0.3 is 5.32 Å². The minimum Gasteiger partial charge on any atom is -0.304 e. The zero-order valence-electron chi connectivity index (χ0n) is 9.53. The molecule has 1 fully saturated rings. The number of hydrogen-bond acceptors (Lipinski definition) is 3. The van der Waals surface area contributed by atoms with Crippen molar-refractivity contribution in [3.63, 3.8) is 0 Å². The van der Waals surface area contributed by atoms with E-state index in [1.54, 1.807) is 6.33 Å². The molecule has 1 aromatic heterocycles. The van der Waals surface area contributed by atoms with E-state index in [9.17, 15) is 0 Å². The van der Waals surface area contributed by atoms with Crippen LogP contribution < -0.4 is 5.32 Å². The number of nitrogens with zero attached hydrogens (tertiary/aromatic N) is 2. The van der Waals surface area contributed by atoms with E-state index in [0.29, 0.717) is 6.04 Å². The van der Waals surface area contributed by atoms with Gasteiger partial charge in [0.1, 0.15) is 12.2 Å². The highest BCUT2D eigenvalue weighted by molar-refractivity contribution is 4.91. The Bertz CT molecular complexity index is 283. The maximum Gasteiger partial charge on any atom is 0.141 e. The average Bonchev–Trinajstić information content (AvgIpc) is 2.74. The van der Waals surface area contributed by atoms with Gasteiger partial charge in [-0.2, -0.15) is 5.10 Å². The van der Waals surface area contributed by atoms with Gasteiger partial charge in [0.2, 0.25) is 0 Å². The lowest BCUT2D eigenvalue weighted by Gasteiger charge is -2.31. The van der Waals surface area contributed by atoms with Gasteiger partial charge in [-0.3, -0.25) is 5.10 Å². The summed E-state index contributed by atoms with van der Waals surface area (Å²) in [5, 5.41) is 10.4. The average molecular weight is 208 g/mol. The zero-order valence-corrected chi connectivity index (χ0v) is 9.53. The Labute approximate surface area is 90.9 Å². The van der Waals surface area contributed by atoms with Crippen molar-refractivity contribution in [1.82, 2.24) is 20.5 Å². The van der Waals surface area contributed by atoms with Crippen molar-refractivity contribution >= 4 is 0 Å². The lowest BCUT2D eigenvalue weighted by Crippen LogP contribution is -2.39.